The van der Waals surface area contributed by atoms with Crippen LogP contribution in [0.3, 0.4) is 0 Å². The molecule has 0 atom stereocenters. The predicted octanol–water partition coefficient (Wildman–Crippen LogP) is 3.43. The molecule has 130 valence electrons. The maximum atomic E-state index is 13.2. The first kappa shape index (κ1) is 16.5. The predicted molar refractivity (Wildman–Crippen MR) is 97.2 cm³/mol. The second kappa shape index (κ2) is 6.72. The van der Waals surface area contributed by atoms with Crippen molar-refractivity contribution in [2.45, 2.75) is 6.54 Å². The van der Waals surface area contributed by atoms with Gasteiger partial charge in [-0.15, -0.1) is 0 Å². The number of anilines is 1. The quantitative estimate of drug-likeness (QED) is 0.396. The molecule has 0 amide bonds. The molecule has 8 heteroatoms. The molecule has 0 spiro atoms. The molecular formula is C18H14BrFN5O+. The zero-order chi connectivity index (χ0) is 18.1. The largest absolute Gasteiger partial charge is 0.366 e. The summed E-state index contributed by atoms with van der Waals surface area (Å²) in [5.41, 5.74) is 3.05. The molecule has 0 aliphatic heterocycles. The fraction of sp³-hybridized carbons (Fsp3) is 0.0556. The van der Waals surface area contributed by atoms with Gasteiger partial charge >= 0.3 is 0 Å². The van der Waals surface area contributed by atoms with E-state index in [9.17, 15) is 9.60 Å². The summed E-state index contributed by atoms with van der Waals surface area (Å²) in [6.07, 6.45) is 4.84. The molecule has 0 saturated carbocycles. The summed E-state index contributed by atoms with van der Waals surface area (Å²) in [6.45, 7) is 0.487. The highest BCUT2D eigenvalue weighted by Crippen LogP contribution is 2.26. The fourth-order valence-electron chi connectivity index (χ4n) is 2.64. The summed E-state index contributed by atoms with van der Waals surface area (Å²) in [4.78, 5) is 4.61. The van der Waals surface area contributed by atoms with Crippen molar-refractivity contribution in [1.29, 1.82) is 0 Å². The van der Waals surface area contributed by atoms with E-state index in [1.54, 1.807) is 41.3 Å². The molecule has 3 aromatic heterocycles. The summed E-state index contributed by atoms with van der Waals surface area (Å²) in [7, 11) is 0. The minimum absolute atomic E-state index is 0.292. The van der Waals surface area contributed by atoms with E-state index in [2.05, 4.69) is 31.3 Å². The second-order valence-corrected chi connectivity index (χ2v) is 6.56. The van der Waals surface area contributed by atoms with Crippen LogP contribution < -0.4 is 10.0 Å². The van der Waals surface area contributed by atoms with E-state index in [-0.39, 0.29) is 5.82 Å². The van der Waals surface area contributed by atoms with Gasteiger partial charge in [-0.2, -0.15) is 9.61 Å². The normalized spacial score (nSPS) is 11.0. The Bertz CT molecular complexity index is 1080. The number of fused-ring (bicyclic) bond motifs is 1. The van der Waals surface area contributed by atoms with Gasteiger partial charge in [0, 0.05) is 34.5 Å². The van der Waals surface area contributed by atoms with Crippen LogP contribution >= 0.6 is 15.9 Å². The van der Waals surface area contributed by atoms with Gasteiger partial charge in [-0.05, 0) is 46.3 Å². The number of halogens is 2. The van der Waals surface area contributed by atoms with Gasteiger partial charge in [-0.1, -0.05) is 0 Å². The number of aromatic nitrogens is 4. The Morgan fingerprint density at radius 1 is 1.23 bits per heavy atom. The van der Waals surface area contributed by atoms with Crippen molar-refractivity contribution in [2.75, 3.05) is 5.32 Å². The van der Waals surface area contributed by atoms with Gasteiger partial charge in [0.25, 0.3) is 0 Å². The van der Waals surface area contributed by atoms with Gasteiger partial charge in [0.1, 0.15) is 11.6 Å². The molecule has 26 heavy (non-hydrogen) atoms. The van der Waals surface area contributed by atoms with E-state index in [0.717, 1.165) is 26.1 Å². The zero-order valence-corrected chi connectivity index (χ0v) is 15.1. The van der Waals surface area contributed by atoms with Crippen LogP contribution in [0.15, 0.2) is 65.5 Å². The standard InChI is InChI=1S/C18H14BrFN5O/c19-15-10-22-25-17(21-9-12-2-1-7-24(26)11-12)8-16(23-18(15)25)13-3-5-14(20)6-4-13/h1-8,10-11,21,26H,9H2/q+1. The van der Waals surface area contributed by atoms with Crippen LogP contribution in [0.25, 0.3) is 16.9 Å². The van der Waals surface area contributed by atoms with Crippen molar-refractivity contribution in [3.8, 4) is 11.3 Å². The molecule has 1 aromatic carbocycles. The lowest BCUT2D eigenvalue weighted by Gasteiger charge is -2.10. The highest BCUT2D eigenvalue weighted by Gasteiger charge is 2.12. The van der Waals surface area contributed by atoms with Gasteiger partial charge in [-0.3, -0.25) is 5.21 Å². The third-order valence-corrected chi connectivity index (χ3v) is 4.45. The minimum Gasteiger partial charge on any atom is -0.366 e. The van der Waals surface area contributed by atoms with E-state index >= 15 is 0 Å². The molecular weight excluding hydrogens is 401 g/mol. The minimum atomic E-state index is -0.292. The summed E-state index contributed by atoms with van der Waals surface area (Å²) in [6, 6.07) is 11.7. The van der Waals surface area contributed by atoms with Gasteiger partial charge in [-0.25, -0.2) is 9.37 Å². The van der Waals surface area contributed by atoms with E-state index < -0.39 is 0 Å². The Balaban J connectivity index is 1.74. The van der Waals surface area contributed by atoms with Crippen molar-refractivity contribution >= 4 is 27.4 Å². The number of hydrogen-bond donors (Lipinski definition) is 2. The highest BCUT2D eigenvalue weighted by atomic mass is 79.9. The number of nitrogens with one attached hydrogen (secondary N) is 1. The fourth-order valence-corrected chi connectivity index (χ4v) is 2.99. The Morgan fingerprint density at radius 3 is 2.81 bits per heavy atom. The molecule has 0 aliphatic carbocycles. The summed E-state index contributed by atoms with van der Waals surface area (Å²) >= 11 is 3.45. The van der Waals surface area contributed by atoms with Crippen molar-refractivity contribution in [2.24, 2.45) is 0 Å². The summed E-state index contributed by atoms with van der Waals surface area (Å²) < 4.78 is 16.7. The molecule has 0 saturated heterocycles. The van der Waals surface area contributed by atoms with Crippen molar-refractivity contribution in [3.63, 3.8) is 0 Å². The number of pyridine rings is 1. The molecule has 0 bridgehead atoms. The Hall–Kier alpha value is -3.00. The lowest BCUT2D eigenvalue weighted by Crippen LogP contribution is -2.29. The smallest absolute Gasteiger partial charge is 0.227 e. The number of benzene rings is 1. The van der Waals surface area contributed by atoms with Gasteiger partial charge in [0.05, 0.1) is 16.4 Å². The van der Waals surface area contributed by atoms with Crippen LogP contribution in [0.5, 0.6) is 0 Å². The number of hydrogen-bond acceptors (Lipinski definition) is 4. The number of rotatable bonds is 4. The van der Waals surface area contributed by atoms with Crippen LogP contribution in [0, 0.1) is 5.82 Å². The lowest BCUT2D eigenvalue weighted by atomic mass is 10.1. The maximum absolute atomic E-state index is 13.2. The van der Waals surface area contributed by atoms with Gasteiger partial charge in [0.15, 0.2) is 5.65 Å². The topological polar surface area (TPSA) is 66.3 Å². The maximum Gasteiger partial charge on any atom is 0.227 e. The van der Waals surface area contributed by atoms with E-state index in [4.69, 9.17) is 0 Å². The first-order valence-corrected chi connectivity index (χ1v) is 8.63. The van der Waals surface area contributed by atoms with Crippen LogP contribution in [-0.4, -0.2) is 19.8 Å². The molecule has 0 aliphatic rings. The lowest BCUT2D eigenvalue weighted by molar-refractivity contribution is -0.905. The molecule has 2 N–H and O–H groups in total. The third-order valence-electron chi connectivity index (χ3n) is 3.89. The second-order valence-electron chi connectivity index (χ2n) is 5.71. The Labute approximate surface area is 156 Å². The highest BCUT2D eigenvalue weighted by molar-refractivity contribution is 9.10. The van der Waals surface area contributed by atoms with Gasteiger partial charge in [0.2, 0.25) is 12.4 Å². The molecule has 0 fully saturated rings. The summed E-state index contributed by atoms with van der Waals surface area (Å²) in [5, 5.41) is 17.2. The van der Waals surface area contributed by atoms with E-state index in [1.807, 2.05) is 12.1 Å². The van der Waals surface area contributed by atoms with Crippen LogP contribution in [0.4, 0.5) is 10.2 Å². The zero-order valence-electron chi connectivity index (χ0n) is 13.5. The van der Waals surface area contributed by atoms with Crippen molar-refractivity contribution in [3.05, 3.63) is 76.9 Å². The van der Waals surface area contributed by atoms with Crippen LogP contribution in [0.1, 0.15) is 5.56 Å². The first-order chi connectivity index (χ1) is 12.6. The third kappa shape index (κ3) is 3.23. The molecule has 0 radical (unpaired) electrons. The first-order valence-electron chi connectivity index (χ1n) is 7.84. The van der Waals surface area contributed by atoms with Crippen molar-refractivity contribution < 1.29 is 14.3 Å². The van der Waals surface area contributed by atoms with E-state index in [1.165, 1.54) is 12.1 Å². The molecule has 4 aromatic rings. The van der Waals surface area contributed by atoms with Crippen molar-refractivity contribution in [1.82, 2.24) is 14.6 Å². The Morgan fingerprint density at radius 2 is 2.04 bits per heavy atom. The van der Waals surface area contributed by atoms with E-state index in [0.29, 0.717) is 17.9 Å². The SMILES string of the molecule is O[n+]1cccc(CNc2cc(-c3ccc(F)cc3)nc3c(Br)cnn23)c1. The van der Waals surface area contributed by atoms with Crippen LogP contribution in [-0.2, 0) is 6.54 Å². The number of nitrogens with zero attached hydrogens (tertiary/aromatic N) is 4. The molecule has 6 nitrogen and oxygen atoms in total. The molecule has 3 heterocycles. The average Bonchev–Trinajstić information content (AvgIpc) is 3.02. The van der Waals surface area contributed by atoms with Gasteiger partial charge < -0.3 is 5.32 Å². The van der Waals surface area contributed by atoms with Crippen LogP contribution in [0.2, 0.25) is 0 Å². The Kier molecular flexibility index (Phi) is 4.26. The summed E-state index contributed by atoms with van der Waals surface area (Å²) in [5.74, 6) is 0.438. The monoisotopic (exact) mass is 414 g/mol. The molecule has 4 rings (SSSR count). The average molecular weight is 415 g/mol. The molecule has 0 unspecified atom stereocenters.